The molecule has 0 saturated carbocycles. The van der Waals surface area contributed by atoms with Gasteiger partial charge >= 0.3 is 0 Å². The Morgan fingerprint density at radius 1 is 0.692 bits per heavy atom. The monoisotopic (exact) mass is 312 g/mol. The van der Waals surface area contributed by atoms with Crippen LogP contribution in [0.4, 0.5) is 0 Å². The average Bonchev–Trinajstić information content (AvgIpc) is 2.01. The van der Waals surface area contributed by atoms with Gasteiger partial charge in [0, 0.05) is 12.8 Å². The summed E-state index contributed by atoms with van der Waals surface area (Å²) in [5.41, 5.74) is 0. The molecule has 0 N–H and O–H groups in total. The molecule has 0 unspecified atom stereocenters. The molecular formula is C9H14Br2O2. The van der Waals surface area contributed by atoms with Crippen LogP contribution in [0.25, 0.3) is 0 Å². The van der Waals surface area contributed by atoms with Gasteiger partial charge in [-0.05, 0) is 44.7 Å². The van der Waals surface area contributed by atoms with Crippen LogP contribution in [-0.2, 0) is 9.59 Å². The van der Waals surface area contributed by atoms with Gasteiger partial charge in [0.05, 0.1) is 0 Å². The molecule has 0 aliphatic carbocycles. The van der Waals surface area contributed by atoms with Crippen molar-refractivity contribution < 1.29 is 9.59 Å². The summed E-state index contributed by atoms with van der Waals surface area (Å²) in [5.74, 6) is 0. The number of hydrogen-bond donors (Lipinski definition) is 0. The average molecular weight is 314 g/mol. The fourth-order valence-corrected chi connectivity index (χ4v) is 1.62. The zero-order valence-electron chi connectivity index (χ0n) is 7.52. The summed E-state index contributed by atoms with van der Waals surface area (Å²) in [6.07, 6.45) is 6.41. The van der Waals surface area contributed by atoms with E-state index in [2.05, 4.69) is 31.9 Å². The standard InChI is InChI=1S/C9H14Br2O2/c10-8(12)6-4-2-1-3-5-7-9(11)13/h1-7H2. The Kier molecular flexibility index (Phi) is 9.08. The first-order valence-electron chi connectivity index (χ1n) is 4.49. The molecular weight excluding hydrogens is 300 g/mol. The van der Waals surface area contributed by atoms with Crippen LogP contribution in [0.15, 0.2) is 0 Å². The highest BCUT2D eigenvalue weighted by molar-refractivity contribution is 9.18. The van der Waals surface area contributed by atoms with E-state index in [1.165, 1.54) is 0 Å². The van der Waals surface area contributed by atoms with Gasteiger partial charge < -0.3 is 0 Å². The maximum absolute atomic E-state index is 10.5. The SMILES string of the molecule is O=C(Br)CCCCCCCC(=O)Br. The van der Waals surface area contributed by atoms with Crippen LogP contribution in [0.5, 0.6) is 0 Å². The highest BCUT2D eigenvalue weighted by atomic mass is 79.9. The fraction of sp³-hybridized carbons (Fsp3) is 0.778. The second-order valence-corrected chi connectivity index (χ2v) is 4.75. The lowest BCUT2D eigenvalue weighted by molar-refractivity contribution is -0.111. The van der Waals surface area contributed by atoms with E-state index in [-0.39, 0.29) is 9.39 Å². The predicted octanol–water partition coefficient (Wildman–Crippen LogP) is 3.56. The Balaban J connectivity index is 3.00. The maximum atomic E-state index is 10.5. The maximum Gasteiger partial charge on any atom is 0.197 e. The lowest BCUT2D eigenvalue weighted by atomic mass is 10.1. The molecule has 76 valence electrons. The molecule has 0 aliphatic rings. The third-order valence-electron chi connectivity index (χ3n) is 1.75. The topological polar surface area (TPSA) is 34.1 Å². The number of rotatable bonds is 8. The van der Waals surface area contributed by atoms with Gasteiger partial charge in [-0.2, -0.15) is 0 Å². The van der Waals surface area contributed by atoms with Crippen LogP contribution in [0.1, 0.15) is 44.9 Å². The first kappa shape index (κ1) is 13.3. The van der Waals surface area contributed by atoms with Crippen molar-refractivity contribution in [2.45, 2.75) is 44.9 Å². The highest BCUT2D eigenvalue weighted by Gasteiger charge is 1.97. The zero-order chi connectivity index (χ0) is 10.1. The minimum Gasteiger partial charge on any atom is -0.287 e. The molecule has 0 spiro atoms. The quantitative estimate of drug-likeness (QED) is 0.507. The summed E-state index contributed by atoms with van der Waals surface area (Å²) < 4.78 is 0.172. The molecule has 0 fully saturated rings. The largest absolute Gasteiger partial charge is 0.287 e. The minimum absolute atomic E-state index is 0.0862. The van der Waals surface area contributed by atoms with E-state index < -0.39 is 0 Å². The van der Waals surface area contributed by atoms with Crippen molar-refractivity contribution in [1.29, 1.82) is 0 Å². The molecule has 0 bridgehead atoms. The molecule has 0 rings (SSSR count). The Morgan fingerprint density at radius 2 is 1.00 bits per heavy atom. The van der Waals surface area contributed by atoms with Gasteiger partial charge in [0.25, 0.3) is 0 Å². The Morgan fingerprint density at radius 3 is 1.31 bits per heavy atom. The van der Waals surface area contributed by atoms with Crippen molar-refractivity contribution in [1.82, 2.24) is 0 Å². The van der Waals surface area contributed by atoms with Crippen molar-refractivity contribution in [2.75, 3.05) is 0 Å². The normalized spacial score (nSPS) is 10.0. The summed E-state index contributed by atoms with van der Waals surface area (Å²) in [5, 5.41) is 0. The van der Waals surface area contributed by atoms with Crippen LogP contribution in [-0.4, -0.2) is 9.39 Å². The molecule has 0 aromatic rings. The lowest BCUT2D eigenvalue weighted by Gasteiger charge is -1.97. The number of unbranched alkanes of at least 4 members (excludes halogenated alkanes) is 4. The molecule has 4 heteroatoms. The Hall–Kier alpha value is 0.300. The third-order valence-corrected chi connectivity index (χ3v) is 2.54. The van der Waals surface area contributed by atoms with Crippen molar-refractivity contribution in [2.24, 2.45) is 0 Å². The van der Waals surface area contributed by atoms with Crippen LogP contribution >= 0.6 is 31.9 Å². The predicted molar refractivity (Wildman–Crippen MR) is 60.2 cm³/mol. The zero-order valence-corrected chi connectivity index (χ0v) is 10.7. The first-order chi connectivity index (χ1) is 6.13. The minimum atomic E-state index is 0.0862. The molecule has 0 saturated heterocycles. The second-order valence-electron chi connectivity index (χ2n) is 2.98. The van der Waals surface area contributed by atoms with Crippen LogP contribution in [0.3, 0.4) is 0 Å². The van der Waals surface area contributed by atoms with Gasteiger partial charge in [-0.3, -0.25) is 9.59 Å². The summed E-state index contributed by atoms with van der Waals surface area (Å²) >= 11 is 5.77. The first-order valence-corrected chi connectivity index (χ1v) is 6.08. The molecule has 13 heavy (non-hydrogen) atoms. The molecule has 0 aliphatic heterocycles. The van der Waals surface area contributed by atoms with E-state index in [4.69, 9.17) is 0 Å². The van der Waals surface area contributed by atoms with Gasteiger partial charge in [0.1, 0.15) is 0 Å². The van der Waals surface area contributed by atoms with Gasteiger partial charge in [0.15, 0.2) is 9.39 Å². The molecule has 0 atom stereocenters. The summed E-state index contributed by atoms with van der Waals surface area (Å²) in [7, 11) is 0. The van der Waals surface area contributed by atoms with E-state index in [0.29, 0.717) is 12.8 Å². The smallest absolute Gasteiger partial charge is 0.197 e. The van der Waals surface area contributed by atoms with Gasteiger partial charge in [-0.1, -0.05) is 19.3 Å². The Bertz CT molecular complexity index is 151. The highest BCUT2D eigenvalue weighted by Crippen LogP contribution is 2.09. The number of halogens is 2. The van der Waals surface area contributed by atoms with Crippen molar-refractivity contribution >= 4 is 41.2 Å². The fourth-order valence-electron chi connectivity index (χ4n) is 1.06. The van der Waals surface area contributed by atoms with Crippen LogP contribution < -0.4 is 0 Å². The number of hydrogen-bond acceptors (Lipinski definition) is 2. The van der Waals surface area contributed by atoms with Crippen LogP contribution in [0.2, 0.25) is 0 Å². The van der Waals surface area contributed by atoms with Crippen molar-refractivity contribution in [3.63, 3.8) is 0 Å². The van der Waals surface area contributed by atoms with Gasteiger partial charge in [-0.25, -0.2) is 0 Å². The van der Waals surface area contributed by atoms with E-state index in [1.54, 1.807) is 0 Å². The summed E-state index contributed by atoms with van der Waals surface area (Å²) in [6, 6.07) is 0. The second kappa shape index (κ2) is 8.88. The summed E-state index contributed by atoms with van der Waals surface area (Å²) in [4.78, 5) is 21.0. The molecule has 0 radical (unpaired) electrons. The molecule has 2 nitrogen and oxygen atoms in total. The van der Waals surface area contributed by atoms with Gasteiger partial charge in [-0.15, -0.1) is 0 Å². The summed E-state index contributed by atoms with van der Waals surface area (Å²) in [6.45, 7) is 0. The van der Waals surface area contributed by atoms with Crippen molar-refractivity contribution in [3.8, 4) is 0 Å². The molecule has 0 aromatic heterocycles. The molecule has 0 aromatic carbocycles. The number of carbonyl (C=O) groups is 2. The molecule has 0 amide bonds. The van der Waals surface area contributed by atoms with E-state index in [1.807, 2.05) is 0 Å². The Labute approximate surface area is 95.7 Å². The van der Waals surface area contributed by atoms with E-state index in [0.717, 1.165) is 32.1 Å². The van der Waals surface area contributed by atoms with E-state index in [9.17, 15) is 9.59 Å². The van der Waals surface area contributed by atoms with Crippen LogP contribution in [0, 0.1) is 0 Å². The third kappa shape index (κ3) is 12.3. The van der Waals surface area contributed by atoms with Crippen molar-refractivity contribution in [3.05, 3.63) is 0 Å². The van der Waals surface area contributed by atoms with E-state index >= 15 is 0 Å². The van der Waals surface area contributed by atoms with Gasteiger partial charge in [0.2, 0.25) is 0 Å². The number of carbonyl (C=O) groups excluding carboxylic acids is 2. The lowest BCUT2D eigenvalue weighted by Crippen LogP contribution is -1.87. The molecule has 0 heterocycles.